The number of thioether (sulfide) groups is 1. The molecule has 2 aliphatic rings. The molecule has 158 valence electrons. The first-order chi connectivity index (χ1) is 15.0. The SMILES string of the molecule is Cn1c(SCc2ccc(F)cc2)nc(=O)c2c1NC(=O)CC2c1ccc2c(c1)OCO2. The quantitative estimate of drug-likeness (QED) is 0.496. The van der Waals surface area contributed by atoms with Crippen molar-refractivity contribution in [1.82, 2.24) is 9.55 Å². The number of ether oxygens (including phenoxy) is 2. The molecule has 1 unspecified atom stereocenters. The predicted molar refractivity (Wildman–Crippen MR) is 113 cm³/mol. The molecule has 1 amide bonds. The number of benzene rings is 2. The maximum absolute atomic E-state index is 13.1. The Hall–Kier alpha value is -3.33. The monoisotopic (exact) mass is 439 g/mol. The zero-order valence-electron chi connectivity index (χ0n) is 16.6. The van der Waals surface area contributed by atoms with E-state index in [0.717, 1.165) is 11.1 Å². The third-order valence-electron chi connectivity index (χ3n) is 5.38. The fourth-order valence-electron chi connectivity index (χ4n) is 3.81. The normalized spacial score (nSPS) is 16.7. The van der Waals surface area contributed by atoms with Gasteiger partial charge >= 0.3 is 0 Å². The third-order valence-corrected chi connectivity index (χ3v) is 6.48. The van der Waals surface area contributed by atoms with Gasteiger partial charge in [-0.25, -0.2) is 4.39 Å². The molecule has 0 saturated carbocycles. The highest BCUT2D eigenvalue weighted by Crippen LogP contribution is 2.40. The van der Waals surface area contributed by atoms with Gasteiger partial charge in [-0.3, -0.25) is 9.59 Å². The van der Waals surface area contributed by atoms with Crippen molar-refractivity contribution >= 4 is 23.5 Å². The molecule has 2 aromatic carbocycles. The number of anilines is 1. The summed E-state index contributed by atoms with van der Waals surface area (Å²) >= 11 is 1.35. The van der Waals surface area contributed by atoms with Crippen LogP contribution in [0.3, 0.4) is 0 Å². The van der Waals surface area contributed by atoms with Crippen LogP contribution in [-0.4, -0.2) is 22.3 Å². The summed E-state index contributed by atoms with van der Waals surface area (Å²) in [6.45, 7) is 0.151. The number of nitrogens with one attached hydrogen (secondary N) is 1. The van der Waals surface area contributed by atoms with Crippen LogP contribution in [0.15, 0.2) is 52.4 Å². The summed E-state index contributed by atoms with van der Waals surface area (Å²) < 4.78 is 25.7. The smallest absolute Gasteiger partial charge is 0.279 e. The number of hydrogen-bond acceptors (Lipinski definition) is 6. The van der Waals surface area contributed by atoms with Crippen molar-refractivity contribution in [1.29, 1.82) is 0 Å². The van der Waals surface area contributed by atoms with Gasteiger partial charge in [0.25, 0.3) is 5.56 Å². The lowest BCUT2D eigenvalue weighted by Gasteiger charge is -2.27. The summed E-state index contributed by atoms with van der Waals surface area (Å²) in [4.78, 5) is 29.8. The van der Waals surface area contributed by atoms with E-state index >= 15 is 0 Å². The number of rotatable bonds is 4. The van der Waals surface area contributed by atoms with Crippen molar-refractivity contribution in [2.45, 2.75) is 23.2 Å². The first-order valence-corrected chi connectivity index (χ1v) is 10.7. The van der Waals surface area contributed by atoms with Gasteiger partial charge in [0.1, 0.15) is 11.6 Å². The number of hydrogen-bond donors (Lipinski definition) is 1. The molecule has 0 spiro atoms. The Morgan fingerprint density at radius 1 is 1.16 bits per heavy atom. The van der Waals surface area contributed by atoms with Crippen LogP contribution in [-0.2, 0) is 17.6 Å². The van der Waals surface area contributed by atoms with Gasteiger partial charge in [-0.2, -0.15) is 4.98 Å². The minimum absolute atomic E-state index is 0.144. The molecular weight excluding hydrogens is 421 g/mol. The molecule has 1 aromatic heterocycles. The van der Waals surface area contributed by atoms with Crippen molar-refractivity contribution < 1.29 is 18.7 Å². The highest BCUT2D eigenvalue weighted by molar-refractivity contribution is 7.98. The van der Waals surface area contributed by atoms with Gasteiger partial charge < -0.3 is 19.4 Å². The van der Waals surface area contributed by atoms with Crippen molar-refractivity contribution in [3.63, 3.8) is 0 Å². The summed E-state index contributed by atoms with van der Waals surface area (Å²) in [6, 6.07) is 11.6. The number of nitrogens with zero attached hydrogens (tertiary/aromatic N) is 2. The lowest BCUT2D eigenvalue weighted by molar-refractivity contribution is -0.116. The molecule has 31 heavy (non-hydrogen) atoms. The highest BCUT2D eigenvalue weighted by atomic mass is 32.2. The zero-order valence-corrected chi connectivity index (χ0v) is 17.4. The van der Waals surface area contributed by atoms with Crippen molar-refractivity contribution in [3.8, 4) is 11.5 Å². The molecule has 3 aromatic rings. The molecule has 3 heterocycles. The first kappa shape index (κ1) is 19.6. The van der Waals surface area contributed by atoms with E-state index in [1.807, 2.05) is 12.1 Å². The molecule has 1 N–H and O–H groups in total. The number of carbonyl (C=O) groups excluding carboxylic acids is 1. The molecule has 0 bridgehead atoms. The fraction of sp³-hybridized carbons (Fsp3) is 0.227. The summed E-state index contributed by atoms with van der Waals surface area (Å²) in [5.74, 6) is 1.29. The third kappa shape index (κ3) is 3.65. The van der Waals surface area contributed by atoms with E-state index in [9.17, 15) is 14.0 Å². The van der Waals surface area contributed by atoms with Gasteiger partial charge in [-0.1, -0.05) is 30.0 Å². The van der Waals surface area contributed by atoms with Crippen LogP contribution in [0.2, 0.25) is 0 Å². The summed E-state index contributed by atoms with van der Waals surface area (Å²) in [5.41, 5.74) is 1.77. The second-order valence-corrected chi connectivity index (χ2v) is 8.30. The van der Waals surface area contributed by atoms with Crippen molar-refractivity contribution in [3.05, 3.63) is 75.3 Å². The maximum Gasteiger partial charge on any atom is 0.279 e. The molecule has 1 atom stereocenters. The minimum atomic E-state index is -0.430. The lowest BCUT2D eigenvalue weighted by atomic mass is 9.86. The van der Waals surface area contributed by atoms with Crippen molar-refractivity contribution in [2.75, 3.05) is 12.1 Å². The van der Waals surface area contributed by atoms with E-state index in [2.05, 4.69) is 10.3 Å². The fourth-order valence-corrected chi connectivity index (χ4v) is 4.73. The lowest BCUT2D eigenvalue weighted by Crippen LogP contribution is -2.33. The molecule has 7 nitrogen and oxygen atoms in total. The van der Waals surface area contributed by atoms with Crippen LogP contribution >= 0.6 is 11.8 Å². The molecule has 0 fully saturated rings. The van der Waals surface area contributed by atoms with Crippen LogP contribution in [0.5, 0.6) is 11.5 Å². The molecule has 9 heteroatoms. The Bertz CT molecular complexity index is 1240. The molecule has 2 aliphatic heterocycles. The number of halogens is 1. The standard InChI is InChI=1S/C22H18FN3O4S/c1-26-20-19(21(28)25-22(26)31-10-12-2-5-14(23)6-3-12)15(9-18(27)24-20)13-4-7-16-17(8-13)30-11-29-16/h2-8,15H,9-11H2,1H3,(H,24,27). The van der Waals surface area contributed by atoms with E-state index in [1.165, 1.54) is 23.9 Å². The molecular formula is C22H18FN3O4S. The summed E-state index contributed by atoms with van der Waals surface area (Å²) in [6.07, 6.45) is 0.144. The second-order valence-electron chi connectivity index (χ2n) is 7.35. The van der Waals surface area contributed by atoms with Crippen LogP contribution in [0.25, 0.3) is 0 Å². The summed E-state index contributed by atoms with van der Waals surface area (Å²) in [5, 5.41) is 3.30. The first-order valence-electron chi connectivity index (χ1n) is 9.67. The maximum atomic E-state index is 13.1. The van der Waals surface area contributed by atoms with Gasteiger partial charge in [0.15, 0.2) is 16.7 Å². The Morgan fingerprint density at radius 3 is 2.74 bits per heavy atom. The topological polar surface area (TPSA) is 82.5 Å². The van der Waals surface area contributed by atoms with Gasteiger partial charge in [-0.15, -0.1) is 0 Å². The zero-order chi connectivity index (χ0) is 21.5. The molecule has 0 aliphatic carbocycles. The van der Waals surface area contributed by atoms with Gasteiger partial charge in [0.2, 0.25) is 12.7 Å². The van der Waals surface area contributed by atoms with Gasteiger partial charge in [-0.05, 0) is 35.4 Å². The number of carbonyl (C=O) groups is 1. The van der Waals surface area contributed by atoms with Crippen LogP contribution in [0.4, 0.5) is 10.2 Å². The van der Waals surface area contributed by atoms with Crippen LogP contribution < -0.4 is 20.3 Å². The van der Waals surface area contributed by atoms with E-state index < -0.39 is 5.92 Å². The Kier molecular flexibility index (Phi) is 4.90. The highest BCUT2D eigenvalue weighted by Gasteiger charge is 2.33. The Labute approximate surface area is 181 Å². The van der Waals surface area contributed by atoms with Gasteiger partial charge in [0, 0.05) is 25.1 Å². The van der Waals surface area contributed by atoms with E-state index in [1.54, 1.807) is 29.8 Å². The molecule has 5 rings (SSSR count). The van der Waals surface area contributed by atoms with Gasteiger partial charge in [0.05, 0.1) is 5.56 Å². The van der Waals surface area contributed by atoms with Crippen LogP contribution in [0.1, 0.15) is 29.0 Å². The largest absolute Gasteiger partial charge is 0.454 e. The van der Waals surface area contributed by atoms with Crippen molar-refractivity contribution in [2.24, 2.45) is 7.05 Å². The number of fused-ring (bicyclic) bond motifs is 2. The second kappa shape index (κ2) is 7.73. The number of aromatic nitrogens is 2. The van der Waals surface area contributed by atoms with E-state index in [4.69, 9.17) is 9.47 Å². The van der Waals surface area contributed by atoms with E-state index in [0.29, 0.717) is 33.8 Å². The number of amides is 1. The predicted octanol–water partition coefficient (Wildman–Crippen LogP) is 3.41. The summed E-state index contributed by atoms with van der Waals surface area (Å²) in [7, 11) is 1.76. The average molecular weight is 439 g/mol. The van der Waals surface area contributed by atoms with E-state index in [-0.39, 0.29) is 30.5 Å². The average Bonchev–Trinajstić information content (AvgIpc) is 3.23. The molecule has 0 radical (unpaired) electrons. The molecule has 0 saturated heterocycles. The Balaban J connectivity index is 1.50. The minimum Gasteiger partial charge on any atom is -0.454 e. The van der Waals surface area contributed by atoms with Crippen LogP contribution in [0, 0.1) is 5.82 Å². The Morgan fingerprint density at radius 2 is 1.94 bits per heavy atom.